The smallest absolute Gasteiger partial charge is 0.223 e. The van der Waals surface area contributed by atoms with E-state index < -0.39 is 0 Å². The summed E-state index contributed by atoms with van der Waals surface area (Å²) in [4.78, 5) is 19.0. The number of piperidine rings is 1. The minimum absolute atomic E-state index is 0.112. The molecule has 0 unspecified atom stereocenters. The Morgan fingerprint density at radius 3 is 2.60 bits per heavy atom. The Balaban J connectivity index is 1.42. The van der Waals surface area contributed by atoms with E-state index in [-0.39, 0.29) is 11.8 Å². The van der Waals surface area contributed by atoms with Crippen LogP contribution in [0.25, 0.3) is 0 Å². The summed E-state index contributed by atoms with van der Waals surface area (Å²) in [7, 11) is 3.67. The van der Waals surface area contributed by atoms with Crippen molar-refractivity contribution in [3.8, 4) is 5.75 Å². The van der Waals surface area contributed by atoms with Gasteiger partial charge in [0.25, 0.3) is 0 Å². The van der Waals surface area contributed by atoms with Crippen molar-refractivity contribution in [2.75, 3.05) is 20.2 Å². The molecule has 3 rings (SSSR count). The second kappa shape index (κ2) is 8.16. The fraction of sp³-hybridized carbons (Fsp3) is 0.474. The first kappa shape index (κ1) is 17.5. The maximum Gasteiger partial charge on any atom is 0.223 e. The molecular formula is C19H26N4O2. The minimum atomic E-state index is 0.112. The van der Waals surface area contributed by atoms with Crippen LogP contribution < -0.4 is 10.1 Å². The summed E-state index contributed by atoms with van der Waals surface area (Å²) >= 11 is 0. The molecule has 1 aromatic heterocycles. The van der Waals surface area contributed by atoms with Gasteiger partial charge in [0.05, 0.1) is 19.1 Å². The highest BCUT2D eigenvalue weighted by Crippen LogP contribution is 2.19. The summed E-state index contributed by atoms with van der Waals surface area (Å²) in [5.74, 6) is 1.10. The standard InChI is InChI=1S/C19H26N4O2/c1-22-14-20-12-17(22)13-23-9-7-16(8-10-23)19(24)21-11-15-3-5-18(25-2)6-4-15/h3-6,12,14,16H,7-11,13H2,1-2H3,(H,21,24). The van der Waals surface area contributed by atoms with E-state index in [1.807, 2.05) is 48.4 Å². The molecule has 1 aliphatic heterocycles. The van der Waals surface area contributed by atoms with Gasteiger partial charge in [-0.2, -0.15) is 0 Å². The molecule has 0 bridgehead atoms. The van der Waals surface area contributed by atoms with Crippen molar-refractivity contribution in [3.63, 3.8) is 0 Å². The molecule has 0 atom stereocenters. The van der Waals surface area contributed by atoms with Gasteiger partial charge in [0.1, 0.15) is 5.75 Å². The van der Waals surface area contributed by atoms with Crippen molar-refractivity contribution in [3.05, 3.63) is 48.0 Å². The second-order valence-corrected chi connectivity index (χ2v) is 6.61. The molecular weight excluding hydrogens is 316 g/mol. The number of carbonyl (C=O) groups excluding carboxylic acids is 1. The number of aromatic nitrogens is 2. The van der Waals surface area contributed by atoms with Crippen molar-refractivity contribution in [2.45, 2.75) is 25.9 Å². The summed E-state index contributed by atoms with van der Waals surface area (Å²) in [6.07, 6.45) is 5.56. The highest BCUT2D eigenvalue weighted by atomic mass is 16.5. The van der Waals surface area contributed by atoms with E-state index in [2.05, 4.69) is 15.2 Å². The van der Waals surface area contributed by atoms with Gasteiger partial charge in [0.15, 0.2) is 0 Å². The number of benzene rings is 1. The van der Waals surface area contributed by atoms with Gasteiger partial charge in [-0.1, -0.05) is 12.1 Å². The largest absolute Gasteiger partial charge is 0.497 e. The molecule has 1 amide bonds. The maximum absolute atomic E-state index is 12.4. The molecule has 0 radical (unpaired) electrons. The first-order chi connectivity index (χ1) is 12.2. The Kier molecular flexibility index (Phi) is 5.71. The number of ether oxygens (including phenoxy) is 1. The van der Waals surface area contributed by atoms with Crippen molar-refractivity contribution in [1.29, 1.82) is 0 Å². The highest BCUT2D eigenvalue weighted by Gasteiger charge is 2.25. The van der Waals surface area contributed by atoms with Crippen LogP contribution in [0.5, 0.6) is 5.75 Å². The number of imidazole rings is 1. The summed E-state index contributed by atoms with van der Waals surface area (Å²) in [6, 6.07) is 7.79. The lowest BCUT2D eigenvalue weighted by molar-refractivity contribution is -0.126. The molecule has 1 aliphatic rings. The lowest BCUT2D eigenvalue weighted by Crippen LogP contribution is -2.40. The van der Waals surface area contributed by atoms with E-state index in [0.717, 1.165) is 43.8 Å². The van der Waals surface area contributed by atoms with Gasteiger partial charge in [-0.05, 0) is 43.6 Å². The molecule has 0 spiro atoms. The molecule has 6 nitrogen and oxygen atoms in total. The molecule has 2 aromatic rings. The molecule has 1 N–H and O–H groups in total. The van der Waals surface area contributed by atoms with E-state index >= 15 is 0 Å². The zero-order valence-electron chi connectivity index (χ0n) is 14.9. The zero-order valence-corrected chi connectivity index (χ0v) is 14.9. The SMILES string of the molecule is COc1ccc(CNC(=O)C2CCN(Cc3cncn3C)CC2)cc1. The van der Waals surface area contributed by atoms with Crippen LogP contribution >= 0.6 is 0 Å². The fourth-order valence-electron chi connectivity index (χ4n) is 3.20. The van der Waals surface area contributed by atoms with Gasteiger partial charge in [-0.15, -0.1) is 0 Å². The number of hydrogen-bond acceptors (Lipinski definition) is 4. The quantitative estimate of drug-likeness (QED) is 0.872. The molecule has 2 heterocycles. The van der Waals surface area contributed by atoms with E-state index in [0.29, 0.717) is 6.54 Å². The van der Waals surface area contributed by atoms with Gasteiger partial charge in [0, 0.05) is 32.3 Å². The summed E-state index contributed by atoms with van der Waals surface area (Å²) in [5, 5.41) is 3.06. The van der Waals surface area contributed by atoms with E-state index in [1.165, 1.54) is 5.69 Å². The van der Waals surface area contributed by atoms with Gasteiger partial charge < -0.3 is 14.6 Å². The highest BCUT2D eigenvalue weighted by molar-refractivity contribution is 5.78. The molecule has 134 valence electrons. The molecule has 0 aliphatic carbocycles. The lowest BCUT2D eigenvalue weighted by atomic mass is 9.95. The van der Waals surface area contributed by atoms with Crippen LogP contribution in [0.15, 0.2) is 36.8 Å². The van der Waals surface area contributed by atoms with E-state index in [9.17, 15) is 4.79 Å². The van der Waals surface area contributed by atoms with Crippen molar-refractivity contribution < 1.29 is 9.53 Å². The summed E-state index contributed by atoms with van der Waals surface area (Å²) in [5.41, 5.74) is 2.30. The predicted octanol–water partition coefficient (Wildman–Crippen LogP) is 1.96. The minimum Gasteiger partial charge on any atom is -0.497 e. The molecule has 1 saturated heterocycles. The number of amides is 1. The number of likely N-dealkylation sites (tertiary alicyclic amines) is 1. The number of nitrogens with zero attached hydrogens (tertiary/aromatic N) is 3. The fourth-order valence-corrected chi connectivity index (χ4v) is 3.20. The Labute approximate surface area is 148 Å². The monoisotopic (exact) mass is 342 g/mol. The maximum atomic E-state index is 12.4. The number of hydrogen-bond donors (Lipinski definition) is 1. The van der Waals surface area contributed by atoms with Gasteiger partial charge in [0.2, 0.25) is 5.91 Å². The van der Waals surface area contributed by atoms with Crippen molar-refractivity contribution >= 4 is 5.91 Å². The molecule has 1 aromatic carbocycles. The normalized spacial score (nSPS) is 15.9. The number of nitrogens with one attached hydrogen (secondary N) is 1. The number of methoxy groups -OCH3 is 1. The molecule has 1 fully saturated rings. The zero-order chi connectivity index (χ0) is 17.6. The Bertz CT molecular complexity index is 688. The van der Waals surface area contributed by atoms with E-state index in [4.69, 9.17) is 4.74 Å². The van der Waals surface area contributed by atoms with Crippen LogP contribution in [0.3, 0.4) is 0 Å². The van der Waals surface area contributed by atoms with Crippen LogP contribution in [0.4, 0.5) is 0 Å². The second-order valence-electron chi connectivity index (χ2n) is 6.61. The number of rotatable bonds is 6. The van der Waals surface area contributed by atoms with Gasteiger partial charge >= 0.3 is 0 Å². The summed E-state index contributed by atoms with van der Waals surface area (Å²) in [6.45, 7) is 3.37. The van der Waals surface area contributed by atoms with Crippen LogP contribution in [0.2, 0.25) is 0 Å². The molecule has 6 heteroatoms. The van der Waals surface area contributed by atoms with Gasteiger partial charge in [-0.3, -0.25) is 9.69 Å². The third kappa shape index (κ3) is 4.60. The average molecular weight is 342 g/mol. The van der Waals surface area contributed by atoms with Crippen molar-refractivity contribution in [2.24, 2.45) is 13.0 Å². The van der Waals surface area contributed by atoms with Crippen LogP contribution in [-0.2, 0) is 24.9 Å². The van der Waals surface area contributed by atoms with Gasteiger partial charge in [-0.25, -0.2) is 4.98 Å². The number of aryl methyl sites for hydroxylation is 1. The Morgan fingerprint density at radius 2 is 2.00 bits per heavy atom. The topological polar surface area (TPSA) is 59.4 Å². The summed E-state index contributed by atoms with van der Waals surface area (Å²) < 4.78 is 7.20. The third-order valence-corrected chi connectivity index (χ3v) is 4.89. The van der Waals surface area contributed by atoms with Crippen LogP contribution in [0.1, 0.15) is 24.1 Å². The predicted molar refractivity (Wildman–Crippen MR) is 96.0 cm³/mol. The number of carbonyl (C=O) groups is 1. The first-order valence-corrected chi connectivity index (χ1v) is 8.74. The molecule has 25 heavy (non-hydrogen) atoms. The lowest BCUT2D eigenvalue weighted by Gasteiger charge is -2.31. The van der Waals surface area contributed by atoms with Crippen LogP contribution in [-0.4, -0.2) is 40.6 Å². The Morgan fingerprint density at radius 1 is 1.28 bits per heavy atom. The van der Waals surface area contributed by atoms with Crippen molar-refractivity contribution in [1.82, 2.24) is 19.8 Å². The average Bonchev–Trinajstić information content (AvgIpc) is 3.05. The third-order valence-electron chi connectivity index (χ3n) is 4.89. The van der Waals surface area contributed by atoms with E-state index in [1.54, 1.807) is 7.11 Å². The van der Waals surface area contributed by atoms with Crippen LogP contribution in [0, 0.1) is 5.92 Å². The molecule has 0 saturated carbocycles. The Hall–Kier alpha value is -2.34. The first-order valence-electron chi connectivity index (χ1n) is 8.74.